The van der Waals surface area contributed by atoms with Crippen molar-refractivity contribution in [3.63, 3.8) is 0 Å². The Bertz CT molecular complexity index is 1150. The highest BCUT2D eigenvalue weighted by Gasteiger charge is 2.25. The molecule has 0 spiro atoms. The van der Waals surface area contributed by atoms with Crippen LogP contribution in [0, 0.1) is 13.8 Å². The molecule has 1 unspecified atom stereocenters. The van der Waals surface area contributed by atoms with Gasteiger partial charge in [0.05, 0.1) is 19.9 Å². The number of ether oxygens (including phenoxy) is 3. The van der Waals surface area contributed by atoms with E-state index in [1.54, 1.807) is 37.6 Å². The van der Waals surface area contributed by atoms with Crippen molar-refractivity contribution in [2.75, 3.05) is 26.9 Å². The molecule has 4 rings (SSSR count). The number of rotatable bonds is 11. The Labute approximate surface area is 222 Å². The summed E-state index contributed by atoms with van der Waals surface area (Å²) in [6.07, 6.45) is 8.09. The second kappa shape index (κ2) is 13.4. The van der Waals surface area contributed by atoms with Gasteiger partial charge in [0.1, 0.15) is 18.1 Å². The van der Waals surface area contributed by atoms with E-state index in [0.717, 1.165) is 30.7 Å². The number of carbonyl (C=O) groups is 1. The number of nitrogens with one attached hydrogen (secondary N) is 1. The topological polar surface area (TPSA) is 85.8 Å². The molecule has 1 N–H and O–H groups in total. The molecule has 196 valence electrons. The van der Waals surface area contributed by atoms with Gasteiger partial charge >= 0.3 is 0 Å². The minimum absolute atomic E-state index is 0.0166. The number of amides is 1. The standard InChI is InChI=1S/C28H34N4O4S/c1-20-14-24(34-3)15-21(2)28(20)37-32-13-7-6-9-23(32)18-35-19-26(33)31-16-22-8-4-5-10-25(22)36-27-17-29-11-12-30-27/h4-5,8,10-12,14-15,17,23H,6-7,9,13,16,18-19H2,1-3H3,(H,31,33). The number of para-hydroxylation sites is 1. The van der Waals surface area contributed by atoms with Gasteiger partial charge in [-0.05, 0) is 68.0 Å². The molecule has 9 heteroatoms. The second-order valence-corrected chi connectivity index (χ2v) is 10.1. The maximum atomic E-state index is 12.5. The Morgan fingerprint density at radius 2 is 1.97 bits per heavy atom. The van der Waals surface area contributed by atoms with Gasteiger partial charge in [0.15, 0.2) is 0 Å². The maximum Gasteiger partial charge on any atom is 0.246 e. The van der Waals surface area contributed by atoms with Crippen molar-refractivity contribution in [3.8, 4) is 17.4 Å². The van der Waals surface area contributed by atoms with Crippen LogP contribution in [-0.2, 0) is 16.1 Å². The third-order valence-corrected chi connectivity index (χ3v) is 7.74. The lowest BCUT2D eigenvalue weighted by molar-refractivity contribution is -0.126. The summed E-state index contributed by atoms with van der Waals surface area (Å²) in [7, 11) is 1.70. The fourth-order valence-corrected chi connectivity index (χ4v) is 5.46. The lowest BCUT2D eigenvalue weighted by Crippen LogP contribution is -2.39. The van der Waals surface area contributed by atoms with Crippen molar-refractivity contribution in [2.24, 2.45) is 0 Å². The number of nitrogens with zero attached hydrogens (tertiary/aromatic N) is 3. The van der Waals surface area contributed by atoms with E-state index in [9.17, 15) is 4.79 Å². The Morgan fingerprint density at radius 3 is 2.73 bits per heavy atom. The summed E-state index contributed by atoms with van der Waals surface area (Å²) < 4.78 is 19.5. The van der Waals surface area contributed by atoms with E-state index < -0.39 is 0 Å². The third-order valence-electron chi connectivity index (χ3n) is 6.20. The average Bonchev–Trinajstić information content (AvgIpc) is 2.91. The van der Waals surface area contributed by atoms with Crippen LogP contribution in [0.25, 0.3) is 0 Å². The van der Waals surface area contributed by atoms with E-state index in [2.05, 4.69) is 45.6 Å². The zero-order valence-electron chi connectivity index (χ0n) is 21.6. The molecule has 0 aliphatic carbocycles. The van der Waals surface area contributed by atoms with Crippen molar-refractivity contribution in [2.45, 2.75) is 50.6 Å². The quantitative estimate of drug-likeness (QED) is 0.349. The van der Waals surface area contributed by atoms with Crippen molar-refractivity contribution in [1.29, 1.82) is 0 Å². The molecular formula is C28H34N4O4S. The van der Waals surface area contributed by atoms with E-state index in [1.807, 2.05) is 24.3 Å². The Balaban J connectivity index is 1.26. The van der Waals surface area contributed by atoms with Crippen molar-refractivity contribution in [3.05, 3.63) is 71.7 Å². The van der Waals surface area contributed by atoms with Crippen LogP contribution in [0.1, 0.15) is 36.0 Å². The lowest BCUT2D eigenvalue weighted by atomic mass is 10.1. The van der Waals surface area contributed by atoms with Crippen LogP contribution in [0.5, 0.6) is 17.4 Å². The highest BCUT2D eigenvalue weighted by molar-refractivity contribution is 7.97. The molecule has 1 aromatic heterocycles. The van der Waals surface area contributed by atoms with Gasteiger partial charge in [-0.3, -0.25) is 9.78 Å². The van der Waals surface area contributed by atoms with Crippen LogP contribution < -0.4 is 14.8 Å². The van der Waals surface area contributed by atoms with Gasteiger partial charge in [-0.1, -0.05) is 24.6 Å². The van der Waals surface area contributed by atoms with Crippen LogP contribution in [0.2, 0.25) is 0 Å². The number of piperidine rings is 1. The van der Waals surface area contributed by atoms with Gasteiger partial charge in [0.2, 0.25) is 11.8 Å². The highest BCUT2D eigenvalue weighted by Crippen LogP contribution is 2.36. The smallest absolute Gasteiger partial charge is 0.246 e. The molecule has 8 nitrogen and oxygen atoms in total. The van der Waals surface area contributed by atoms with Crippen molar-refractivity contribution >= 4 is 17.9 Å². The summed E-state index contributed by atoms with van der Waals surface area (Å²) in [5.74, 6) is 1.75. The van der Waals surface area contributed by atoms with E-state index >= 15 is 0 Å². The van der Waals surface area contributed by atoms with Crippen LogP contribution >= 0.6 is 11.9 Å². The minimum Gasteiger partial charge on any atom is -0.497 e. The molecule has 2 heterocycles. The maximum absolute atomic E-state index is 12.5. The number of carbonyl (C=O) groups excluding carboxylic acids is 1. The highest BCUT2D eigenvalue weighted by atomic mass is 32.2. The molecule has 3 aromatic rings. The van der Waals surface area contributed by atoms with Crippen molar-refractivity contribution < 1.29 is 19.0 Å². The van der Waals surface area contributed by atoms with Crippen LogP contribution in [-0.4, -0.2) is 53.1 Å². The molecule has 1 atom stereocenters. The molecule has 2 aromatic carbocycles. The SMILES string of the molecule is COc1cc(C)c(SN2CCCCC2COCC(=O)NCc2ccccc2Oc2cnccn2)c(C)c1. The lowest BCUT2D eigenvalue weighted by Gasteiger charge is -2.35. The predicted molar refractivity (Wildman–Crippen MR) is 144 cm³/mol. The first-order valence-electron chi connectivity index (χ1n) is 12.5. The predicted octanol–water partition coefficient (Wildman–Crippen LogP) is 5.09. The molecule has 1 fully saturated rings. The van der Waals surface area contributed by atoms with Gasteiger partial charge < -0.3 is 19.5 Å². The summed E-state index contributed by atoms with van der Waals surface area (Å²) in [4.78, 5) is 21.9. The molecular weight excluding hydrogens is 488 g/mol. The molecule has 0 bridgehead atoms. The largest absolute Gasteiger partial charge is 0.497 e. The van der Waals surface area contributed by atoms with Crippen LogP contribution in [0.15, 0.2) is 59.9 Å². The first-order valence-corrected chi connectivity index (χ1v) is 13.3. The number of hydrogen-bond acceptors (Lipinski definition) is 8. The number of benzene rings is 2. The zero-order valence-corrected chi connectivity index (χ0v) is 22.4. The van der Waals surface area contributed by atoms with E-state index in [1.165, 1.54) is 22.4 Å². The molecule has 1 amide bonds. The van der Waals surface area contributed by atoms with Crippen molar-refractivity contribution in [1.82, 2.24) is 19.6 Å². The van der Waals surface area contributed by atoms with Gasteiger partial charge in [0, 0.05) is 42.0 Å². The van der Waals surface area contributed by atoms with Gasteiger partial charge in [-0.25, -0.2) is 9.29 Å². The summed E-state index contributed by atoms with van der Waals surface area (Å²) in [5.41, 5.74) is 3.26. The molecule has 0 saturated carbocycles. The molecule has 37 heavy (non-hydrogen) atoms. The Kier molecular flexibility index (Phi) is 9.76. The minimum atomic E-state index is -0.161. The van der Waals surface area contributed by atoms with Gasteiger partial charge in [-0.2, -0.15) is 0 Å². The Hall–Kier alpha value is -3.14. The number of methoxy groups -OCH3 is 1. The summed E-state index contributed by atoms with van der Waals surface area (Å²) >= 11 is 1.79. The van der Waals surface area contributed by atoms with Crippen LogP contribution in [0.4, 0.5) is 0 Å². The fourth-order valence-electron chi connectivity index (χ4n) is 4.28. The van der Waals surface area contributed by atoms with Crippen LogP contribution in [0.3, 0.4) is 0 Å². The molecule has 1 saturated heterocycles. The first kappa shape index (κ1) is 26.9. The monoisotopic (exact) mass is 522 g/mol. The van der Waals surface area contributed by atoms with E-state index in [-0.39, 0.29) is 18.6 Å². The molecule has 1 aliphatic heterocycles. The average molecular weight is 523 g/mol. The number of aromatic nitrogens is 2. The first-order chi connectivity index (χ1) is 18.0. The molecule has 0 radical (unpaired) electrons. The third kappa shape index (κ3) is 7.67. The summed E-state index contributed by atoms with van der Waals surface area (Å²) in [5, 5.41) is 2.93. The number of hydrogen-bond donors (Lipinski definition) is 1. The van der Waals surface area contributed by atoms with E-state index in [4.69, 9.17) is 14.2 Å². The second-order valence-electron chi connectivity index (χ2n) is 9.02. The van der Waals surface area contributed by atoms with Gasteiger partial charge in [0.25, 0.3) is 0 Å². The zero-order chi connectivity index (χ0) is 26.0. The summed E-state index contributed by atoms with van der Waals surface area (Å²) in [6, 6.07) is 11.9. The van der Waals surface area contributed by atoms with E-state index in [0.29, 0.717) is 24.8 Å². The molecule has 1 aliphatic rings. The normalized spacial score (nSPS) is 15.8. The summed E-state index contributed by atoms with van der Waals surface area (Å²) in [6.45, 7) is 6.10. The fraction of sp³-hybridized carbons (Fsp3) is 0.393. The number of aryl methyl sites for hydroxylation is 2. The Morgan fingerprint density at radius 1 is 1.16 bits per heavy atom. The van der Waals surface area contributed by atoms with Gasteiger partial charge in [-0.15, -0.1) is 0 Å².